The third-order valence-electron chi connectivity index (χ3n) is 4.48. The largest absolute Gasteiger partial charge is 0.370 e. The molecule has 0 saturated carbocycles. The molecule has 6 nitrogen and oxygen atoms in total. The topological polar surface area (TPSA) is 61.4 Å². The summed E-state index contributed by atoms with van der Waals surface area (Å²) in [6.45, 7) is 1.28. The maximum atomic E-state index is 12.9. The number of benzene rings is 1. The molecule has 4 rings (SSSR count). The number of anilines is 3. The number of likely N-dealkylation sites (N-methyl/N-ethyl adjacent to an activating group) is 1. The highest BCUT2D eigenvalue weighted by Crippen LogP contribution is 2.33. The normalized spacial score (nSPS) is 13.3. The van der Waals surface area contributed by atoms with Gasteiger partial charge >= 0.3 is 6.03 Å². The summed E-state index contributed by atoms with van der Waals surface area (Å²) in [4.78, 5) is 25.4. The van der Waals surface area contributed by atoms with E-state index in [2.05, 4.69) is 15.2 Å². The predicted molar refractivity (Wildman–Crippen MR) is 109 cm³/mol. The van der Waals surface area contributed by atoms with E-state index in [1.807, 2.05) is 43.4 Å². The number of hydrogen-bond acceptors (Lipinski definition) is 4. The van der Waals surface area contributed by atoms with Crippen molar-refractivity contribution in [3.8, 4) is 11.3 Å². The number of nitrogens with zero attached hydrogens (tertiary/aromatic N) is 4. The van der Waals surface area contributed by atoms with E-state index < -0.39 is 0 Å². The summed E-state index contributed by atoms with van der Waals surface area (Å²) in [7, 11) is 2.00. The first kappa shape index (κ1) is 17.3. The summed E-state index contributed by atoms with van der Waals surface area (Å²) >= 11 is 6.12. The zero-order chi connectivity index (χ0) is 18.8. The Morgan fingerprint density at radius 3 is 2.70 bits per heavy atom. The fraction of sp³-hybridized carbons (Fsp3) is 0.150. The van der Waals surface area contributed by atoms with Crippen molar-refractivity contribution in [1.29, 1.82) is 0 Å². The quantitative estimate of drug-likeness (QED) is 0.721. The molecule has 1 N–H and O–H groups in total. The average Bonchev–Trinajstić information content (AvgIpc) is 2.68. The third kappa shape index (κ3) is 3.57. The lowest BCUT2D eigenvalue weighted by atomic mass is 10.1. The van der Waals surface area contributed by atoms with Crippen molar-refractivity contribution in [2.24, 2.45) is 0 Å². The molecule has 27 heavy (non-hydrogen) atoms. The van der Waals surface area contributed by atoms with Crippen molar-refractivity contribution in [3.63, 3.8) is 0 Å². The second kappa shape index (κ2) is 7.25. The Labute approximate surface area is 162 Å². The van der Waals surface area contributed by atoms with E-state index in [4.69, 9.17) is 16.6 Å². The van der Waals surface area contributed by atoms with E-state index in [0.717, 1.165) is 23.5 Å². The molecule has 1 aliphatic heterocycles. The lowest BCUT2D eigenvalue weighted by Crippen LogP contribution is -2.45. The van der Waals surface area contributed by atoms with Gasteiger partial charge in [0, 0.05) is 48.8 Å². The van der Waals surface area contributed by atoms with Crippen molar-refractivity contribution < 1.29 is 4.79 Å². The van der Waals surface area contributed by atoms with Crippen LogP contribution in [-0.4, -0.2) is 36.1 Å². The predicted octanol–water partition coefficient (Wildman–Crippen LogP) is 4.29. The highest BCUT2D eigenvalue weighted by Gasteiger charge is 2.27. The maximum absolute atomic E-state index is 12.9. The number of nitrogens with one attached hydrogen (secondary N) is 1. The zero-order valence-corrected chi connectivity index (χ0v) is 15.5. The Kier molecular flexibility index (Phi) is 4.64. The molecule has 0 aliphatic carbocycles. The molecule has 136 valence electrons. The Bertz CT molecular complexity index is 979. The van der Waals surface area contributed by atoms with Gasteiger partial charge in [0.25, 0.3) is 0 Å². The summed E-state index contributed by atoms with van der Waals surface area (Å²) in [5.41, 5.74) is 3.29. The number of hydrogen-bond donors (Lipinski definition) is 1. The van der Waals surface area contributed by atoms with Crippen molar-refractivity contribution in [2.75, 3.05) is 35.3 Å². The van der Waals surface area contributed by atoms with Gasteiger partial charge in [-0.3, -0.25) is 9.88 Å². The van der Waals surface area contributed by atoms with Crippen molar-refractivity contribution in [2.45, 2.75) is 0 Å². The van der Waals surface area contributed by atoms with E-state index in [9.17, 15) is 4.79 Å². The lowest BCUT2D eigenvalue weighted by molar-refractivity contribution is 0.256. The van der Waals surface area contributed by atoms with Gasteiger partial charge in [0.15, 0.2) is 5.82 Å². The van der Waals surface area contributed by atoms with Crippen LogP contribution in [0.15, 0.2) is 60.9 Å². The molecule has 1 aromatic carbocycles. The number of fused-ring (bicyclic) bond motifs is 1. The highest BCUT2D eigenvalue weighted by molar-refractivity contribution is 6.30. The van der Waals surface area contributed by atoms with E-state index in [1.165, 1.54) is 0 Å². The van der Waals surface area contributed by atoms with Crippen LogP contribution >= 0.6 is 11.6 Å². The van der Waals surface area contributed by atoms with E-state index in [1.54, 1.807) is 29.4 Å². The summed E-state index contributed by atoms with van der Waals surface area (Å²) in [5.74, 6) is 0.632. The van der Waals surface area contributed by atoms with Gasteiger partial charge in [-0.1, -0.05) is 23.7 Å². The number of halogens is 1. The molecule has 1 aliphatic rings. The third-order valence-corrected chi connectivity index (χ3v) is 4.71. The summed E-state index contributed by atoms with van der Waals surface area (Å²) in [5, 5.41) is 3.55. The lowest BCUT2D eigenvalue weighted by Gasteiger charge is -2.34. The minimum absolute atomic E-state index is 0.216. The van der Waals surface area contributed by atoms with Crippen LogP contribution in [0, 0.1) is 0 Å². The van der Waals surface area contributed by atoms with Crippen LogP contribution in [0.4, 0.5) is 22.0 Å². The van der Waals surface area contributed by atoms with E-state index in [0.29, 0.717) is 23.1 Å². The average molecular weight is 380 g/mol. The van der Waals surface area contributed by atoms with Gasteiger partial charge < -0.3 is 10.2 Å². The van der Waals surface area contributed by atoms with Crippen LogP contribution < -0.4 is 15.1 Å². The number of carbonyl (C=O) groups is 1. The first-order valence-corrected chi connectivity index (χ1v) is 8.96. The number of carbonyl (C=O) groups excluding carboxylic acids is 1. The van der Waals surface area contributed by atoms with Gasteiger partial charge in [0.1, 0.15) is 0 Å². The number of rotatable bonds is 2. The molecule has 2 aromatic heterocycles. The fourth-order valence-corrected chi connectivity index (χ4v) is 3.24. The Hall–Kier alpha value is -3.12. The fourth-order valence-electron chi connectivity index (χ4n) is 3.05. The van der Waals surface area contributed by atoms with Gasteiger partial charge in [-0.15, -0.1) is 0 Å². The van der Waals surface area contributed by atoms with Crippen LogP contribution in [-0.2, 0) is 0 Å². The summed E-state index contributed by atoms with van der Waals surface area (Å²) in [6, 6.07) is 14.8. The number of pyridine rings is 2. The second-order valence-electron chi connectivity index (χ2n) is 6.29. The standard InChI is InChI=1S/C20H18ClN5O/c1-25-11-12-26(20(27)23-16-7-9-22-10-8-16)19-18(25)6-5-17(24-19)14-3-2-4-15(21)13-14/h2-10,13H,11-12H2,1H3,(H,22,23,27). The molecular weight excluding hydrogens is 362 g/mol. The van der Waals surface area contributed by atoms with Crippen LogP contribution in [0.25, 0.3) is 11.3 Å². The number of aromatic nitrogens is 2. The van der Waals surface area contributed by atoms with E-state index in [-0.39, 0.29) is 6.03 Å². The molecular formula is C20H18ClN5O. The first-order valence-electron chi connectivity index (χ1n) is 8.58. The summed E-state index contributed by atoms with van der Waals surface area (Å²) in [6.07, 6.45) is 3.28. The molecule has 0 saturated heterocycles. The monoisotopic (exact) mass is 379 g/mol. The molecule has 3 aromatic rings. The van der Waals surface area contributed by atoms with Gasteiger partial charge in [-0.2, -0.15) is 0 Å². The molecule has 0 bridgehead atoms. The molecule has 2 amide bonds. The van der Waals surface area contributed by atoms with Gasteiger partial charge in [-0.25, -0.2) is 9.78 Å². The van der Waals surface area contributed by atoms with Gasteiger partial charge in [0.2, 0.25) is 0 Å². The molecule has 0 unspecified atom stereocenters. The molecule has 0 radical (unpaired) electrons. The van der Waals surface area contributed by atoms with Crippen molar-refractivity contribution >= 4 is 34.8 Å². The highest BCUT2D eigenvalue weighted by atomic mass is 35.5. The Morgan fingerprint density at radius 1 is 1.11 bits per heavy atom. The smallest absolute Gasteiger partial charge is 0.327 e. The van der Waals surface area contributed by atoms with E-state index >= 15 is 0 Å². The maximum Gasteiger partial charge on any atom is 0.327 e. The van der Waals surface area contributed by atoms with Crippen LogP contribution in [0.3, 0.4) is 0 Å². The molecule has 0 fully saturated rings. The van der Waals surface area contributed by atoms with Crippen molar-refractivity contribution in [1.82, 2.24) is 9.97 Å². The Morgan fingerprint density at radius 2 is 1.93 bits per heavy atom. The van der Waals surface area contributed by atoms with Crippen LogP contribution in [0.2, 0.25) is 5.02 Å². The SMILES string of the molecule is CN1CCN(C(=O)Nc2ccncc2)c2nc(-c3cccc(Cl)c3)ccc21. The van der Waals surface area contributed by atoms with Gasteiger partial charge in [0.05, 0.1) is 11.4 Å². The molecule has 7 heteroatoms. The number of amides is 2. The summed E-state index contributed by atoms with van der Waals surface area (Å²) < 4.78 is 0. The first-order chi connectivity index (χ1) is 13.1. The van der Waals surface area contributed by atoms with Gasteiger partial charge in [-0.05, 0) is 36.4 Å². The Balaban J connectivity index is 1.69. The minimum Gasteiger partial charge on any atom is -0.370 e. The van der Waals surface area contributed by atoms with Crippen LogP contribution in [0.5, 0.6) is 0 Å². The number of urea groups is 1. The molecule has 0 spiro atoms. The minimum atomic E-state index is -0.216. The van der Waals surface area contributed by atoms with Crippen LogP contribution in [0.1, 0.15) is 0 Å². The molecule has 3 heterocycles. The molecule has 0 atom stereocenters. The second-order valence-corrected chi connectivity index (χ2v) is 6.73. The van der Waals surface area contributed by atoms with Crippen molar-refractivity contribution in [3.05, 3.63) is 65.9 Å². The zero-order valence-electron chi connectivity index (χ0n) is 14.8.